The molecule has 138 valence electrons. The molecule has 6 heteroatoms. The number of rotatable bonds is 5. The van der Waals surface area contributed by atoms with Crippen molar-refractivity contribution < 1.29 is 14.3 Å². The zero-order valence-corrected chi connectivity index (χ0v) is 15.2. The summed E-state index contributed by atoms with van der Waals surface area (Å²) in [5.41, 5.74) is 4.52. The Hall–Kier alpha value is -2.34. The number of ether oxygens (including phenoxy) is 2. The first-order chi connectivity index (χ1) is 12.7. The Morgan fingerprint density at radius 1 is 1.38 bits per heavy atom. The minimum absolute atomic E-state index is 0.178. The molecule has 1 aromatic carbocycles. The van der Waals surface area contributed by atoms with Gasteiger partial charge in [0.2, 0.25) is 5.91 Å². The molecule has 0 bridgehead atoms. The van der Waals surface area contributed by atoms with E-state index < -0.39 is 0 Å². The third-order valence-electron chi connectivity index (χ3n) is 5.24. The maximum Gasteiger partial charge on any atom is 0.227 e. The van der Waals surface area contributed by atoms with Gasteiger partial charge >= 0.3 is 0 Å². The molecule has 1 saturated heterocycles. The summed E-state index contributed by atoms with van der Waals surface area (Å²) in [6.45, 7) is 5.54. The Kier molecular flexibility index (Phi) is 4.93. The summed E-state index contributed by atoms with van der Waals surface area (Å²) in [7, 11) is 0. The third-order valence-corrected chi connectivity index (χ3v) is 5.24. The number of H-pyrrole nitrogens is 1. The van der Waals surface area contributed by atoms with Gasteiger partial charge in [-0.1, -0.05) is 12.1 Å². The van der Waals surface area contributed by atoms with Gasteiger partial charge in [0.1, 0.15) is 5.75 Å². The van der Waals surface area contributed by atoms with Crippen LogP contribution < -0.4 is 4.74 Å². The predicted octanol–water partition coefficient (Wildman–Crippen LogP) is 2.44. The normalized spacial score (nSPS) is 19.4. The molecule has 3 heterocycles. The summed E-state index contributed by atoms with van der Waals surface area (Å²) in [6, 6.07) is 7.79. The third kappa shape index (κ3) is 3.46. The summed E-state index contributed by atoms with van der Waals surface area (Å²) in [6.07, 6.45) is 2.29. The number of nitrogens with one attached hydrogen (secondary N) is 1. The van der Waals surface area contributed by atoms with E-state index in [0.717, 1.165) is 49.5 Å². The van der Waals surface area contributed by atoms with Gasteiger partial charge in [0, 0.05) is 36.7 Å². The lowest BCUT2D eigenvalue weighted by molar-refractivity contribution is -0.129. The van der Waals surface area contributed by atoms with Crippen molar-refractivity contribution in [3.63, 3.8) is 0 Å². The second kappa shape index (κ2) is 7.50. The molecule has 4 rings (SSSR count). The molecule has 26 heavy (non-hydrogen) atoms. The number of aromatic nitrogens is 2. The number of amides is 1. The Labute approximate surface area is 153 Å². The Morgan fingerprint density at radius 2 is 2.23 bits per heavy atom. The fourth-order valence-corrected chi connectivity index (χ4v) is 3.84. The lowest BCUT2D eigenvalue weighted by Gasteiger charge is -2.17. The summed E-state index contributed by atoms with van der Waals surface area (Å²) in [5.74, 6) is 1.33. The van der Waals surface area contributed by atoms with E-state index in [0.29, 0.717) is 25.6 Å². The number of hydrogen-bond donors (Lipinski definition) is 1. The molecule has 0 saturated carbocycles. The number of likely N-dealkylation sites (tertiary alicyclic amines) is 1. The van der Waals surface area contributed by atoms with Gasteiger partial charge in [-0.15, -0.1) is 0 Å². The zero-order valence-electron chi connectivity index (χ0n) is 15.2. The fraction of sp³-hybridized carbons (Fsp3) is 0.500. The number of carbonyl (C=O) groups is 1. The highest BCUT2D eigenvalue weighted by atomic mass is 16.5. The van der Waals surface area contributed by atoms with E-state index in [1.54, 1.807) is 0 Å². The molecule has 1 aromatic heterocycles. The van der Waals surface area contributed by atoms with Crippen molar-refractivity contribution in [2.45, 2.75) is 38.7 Å². The fourth-order valence-electron chi connectivity index (χ4n) is 3.84. The topological polar surface area (TPSA) is 67.5 Å². The maximum atomic E-state index is 12.7. The maximum absolute atomic E-state index is 12.7. The Morgan fingerprint density at radius 3 is 3.04 bits per heavy atom. The highest BCUT2D eigenvalue weighted by Gasteiger charge is 2.31. The average molecular weight is 355 g/mol. The van der Waals surface area contributed by atoms with E-state index in [1.165, 1.54) is 11.3 Å². The van der Waals surface area contributed by atoms with E-state index in [2.05, 4.69) is 10.2 Å². The van der Waals surface area contributed by atoms with Crippen LogP contribution in [-0.4, -0.2) is 47.3 Å². The lowest BCUT2D eigenvalue weighted by atomic mass is 9.98. The van der Waals surface area contributed by atoms with Crippen LogP contribution in [-0.2, 0) is 29.0 Å². The van der Waals surface area contributed by atoms with Gasteiger partial charge in [-0.05, 0) is 31.0 Å². The molecular formula is C20H25N3O3. The van der Waals surface area contributed by atoms with Gasteiger partial charge in [0.15, 0.2) is 0 Å². The quantitative estimate of drug-likeness (QED) is 0.895. The smallest absolute Gasteiger partial charge is 0.227 e. The predicted molar refractivity (Wildman–Crippen MR) is 97.2 cm³/mol. The van der Waals surface area contributed by atoms with Crippen molar-refractivity contribution in [2.24, 2.45) is 0 Å². The molecule has 1 atom stereocenters. The van der Waals surface area contributed by atoms with E-state index in [9.17, 15) is 4.79 Å². The van der Waals surface area contributed by atoms with Crippen molar-refractivity contribution in [3.05, 3.63) is 46.8 Å². The number of benzene rings is 1. The SMILES string of the molecule is CCOc1ccc(CC(=O)N2CCC(c3n[nH]c4c3COCC4)C2)cc1. The molecule has 6 nitrogen and oxygen atoms in total. The van der Waals surface area contributed by atoms with E-state index >= 15 is 0 Å². The summed E-state index contributed by atoms with van der Waals surface area (Å²) in [5, 5.41) is 7.69. The van der Waals surface area contributed by atoms with E-state index in [-0.39, 0.29) is 5.91 Å². The van der Waals surface area contributed by atoms with Crippen molar-refractivity contribution in [3.8, 4) is 5.75 Å². The molecule has 0 radical (unpaired) electrons. The van der Waals surface area contributed by atoms with Crippen LogP contribution in [0.25, 0.3) is 0 Å². The van der Waals surface area contributed by atoms with E-state index in [4.69, 9.17) is 9.47 Å². The van der Waals surface area contributed by atoms with Crippen LogP contribution in [0.2, 0.25) is 0 Å². The molecule has 2 aliphatic heterocycles. The molecular weight excluding hydrogens is 330 g/mol. The summed E-state index contributed by atoms with van der Waals surface area (Å²) >= 11 is 0. The zero-order chi connectivity index (χ0) is 17.9. The number of hydrogen-bond acceptors (Lipinski definition) is 4. The summed E-state index contributed by atoms with van der Waals surface area (Å²) in [4.78, 5) is 14.6. The minimum Gasteiger partial charge on any atom is -0.494 e. The van der Waals surface area contributed by atoms with Crippen molar-refractivity contribution in [1.29, 1.82) is 0 Å². The summed E-state index contributed by atoms with van der Waals surface area (Å²) < 4.78 is 11.0. The molecule has 2 aromatic rings. The van der Waals surface area contributed by atoms with Crippen LogP contribution in [0, 0.1) is 0 Å². The van der Waals surface area contributed by atoms with Crippen LogP contribution in [0.4, 0.5) is 0 Å². The highest BCUT2D eigenvalue weighted by molar-refractivity contribution is 5.79. The van der Waals surface area contributed by atoms with Gasteiger partial charge in [-0.3, -0.25) is 9.89 Å². The van der Waals surface area contributed by atoms with Crippen LogP contribution in [0.5, 0.6) is 5.75 Å². The molecule has 1 N–H and O–H groups in total. The van der Waals surface area contributed by atoms with Crippen molar-refractivity contribution in [1.82, 2.24) is 15.1 Å². The molecule has 1 amide bonds. The van der Waals surface area contributed by atoms with Crippen LogP contribution in [0.15, 0.2) is 24.3 Å². The van der Waals surface area contributed by atoms with Crippen LogP contribution in [0.1, 0.15) is 41.8 Å². The first kappa shape index (κ1) is 17.1. The second-order valence-electron chi connectivity index (χ2n) is 6.95. The first-order valence-corrected chi connectivity index (χ1v) is 9.38. The van der Waals surface area contributed by atoms with Gasteiger partial charge in [-0.2, -0.15) is 5.10 Å². The molecule has 0 aliphatic carbocycles. The van der Waals surface area contributed by atoms with Gasteiger partial charge in [0.25, 0.3) is 0 Å². The minimum atomic E-state index is 0.178. The number of aromatic amines is 1. The monoisotopic (exact) mass is 355 g/mol. The average Bonchev–Trinajstić information content (AvgIpc) is 3.30. The van der Waals surface area contributed by atoms with Gasteiger partial charge < -0.3 is 14.4 Å². The Balaban J connectivity index is 1.37. The molecule has 1 fully saturated rings. The first-order valence-electron chi connectivity index (χ1n) is 9.38. The number of nitrogens with zero attached hydrogens (tertiary/aromatic N) is 2. The lowest BCUT2D eigenvalue weighted by Crippen LogP contribution is -2.30. The largest absolute Gasteiger partial charge is 0.494 e. The van der Waals surface area contributed by atoms with Crippen LogP contribution >= 0.6 is 0 Å². The van der Waals surface area contributed by atoms with Gasteiger partial charge in [0.05, 0.1) is 31.9 Å². The number of fused-ring (bicyclic) bond motifs is 1. The standard InChI is InChI=1S/C20H25N3O3/c1-2-26-16-5-3-14(4-6-16)11-19(24)23-9-7-15(12-23)20-17-13-25-10-8-18(17)21-22-20/h3-6,15H,2,7-13H2,1H3,(H,21,22). The van der Waals surface area contributed by atoms with Gasteiger partial charge in [-0.25, -0.2) is 0 Å². The van der Waals surface area contributed by atoms with E-state index in [1.807, 2.05) is 36.1 Å². The van der Waals surface area contributed by atoms with Crippen molar-refractivity contribution in [2.75, 3.05) is 26.3 Å². The second-order valence-corrected chi connectivity index (χ2v) is 6.95. The Bertz CT molecular complexity index is 769. The molecule has 0 spiro atoms. The highest BCUT2D eigenvalue weighted by Crippen LogP contribution is 2.31. The van der Waals surface area contributed by atoms with Crippen molar-refractivity contribution >= 4 is 5.91 Å². The van der Waals surface area contributed by atoms with Crippen LogP contribution in [0.3, 0.4) is 0 Å². The number of carbonyl (C=O) groups excluding carboxylic acids is 1. The molecule has 1 unspecified atom stereocenters. The molecule has 2 aliphatic rings.